The van der Waals surface area contributed by atoms with Gasteiger partial charge in [-0.05, 0) is 44.5 Å². The highest BCUT2D eigenvalue weighted by Gasteiger charge is 2.30. The van der Waals surface area contributed by atoms with E-state index in [1.165, 1.54) is 38.8 Å². The van der Waals surface area contributed by atoms with Crippen molar-refractivity contribution in [2.24, 2.45) is 0 Å². The second-order valence-electron chi connectivity index (χ2n) is 5.82. The van der Waals surface area contributed by atoms with Crippen LogP contribution in [-0.4, -0.2) is 37.1 Å². The van der Waals surface area contributed by atoms with Crippen LogP contribution in [0.5, 0.6) is 0 Å². The van der Waals surface area contributed by atoms with Crippen LogP contribution in [0.1, 0.15) is 25.7 Å². The summed E-state index contributed by atoms with van der Waals surface area (Å²) in [7, 11) is 0. The minimum absolute atomic E-state index is 0.621. The summed E-state index contributed by atoms with van der Waals surface area (Å²) >= 11 is 12.7. The highest BCUT2D eigenvalue weighted by Crippen LogP contribution is 2.38. The standard InChI is InChI=1S/C15H21Cl2N3/c16-13-8-11(18)9-14(17)15(13)20-7-4-12(10-20)19-5-2-1-3-6-19/h8-9,12H,1-7,10,18H2. The Labute approximate surface area is 130 Å². The van der Waals surface area contributed by atoms with Crippen molar-refractivity contribution < 1.29 is 0 Å². The number of benzene rings is 1. The molecule has 0 amide bonds. The number of hydrogen-bond acceptors (Lipinski definition) is 3. The fourth-order valence-electron chi connectivity index (χ4n) is 3.41. The zero-order valence-corrected chi connectivity index (χ0v) is 13.1. The van der Waals surface area contributed by atoms with Crippen molar-refractivity contribution >= 4 is 34.6 Å². The van der Waals surface area contributed by atoms with Crippen molar-refractivity contribution in [2.75, 3.05) is 36.8 Å². The second kappa shape index (κ2) is 6.00. The summed E-state index contributed by atoms with van der Waals surface area (Å²) in [6.07, 6.45) is 5.24. The molecule has 5 heteroatoms. The zero-order chi connectivity index (χ0) is 14.1. The summed E-state index contributed by atoms with van der Waals surface area (Å²) in [6.45, 7) is 4.51. The van der Waals surface area contributed by atoms with Gasteiger partial charge in [-0.2, -0.15) is 0 Å². The van der Waals surface area contributed by atoms with Gasteiger partial charge >= 0.3 is 0 Å². The highest BCUT2D eigenvalue weighted by atomic mass is 35.5. The summed E-state index contributed by atoms with van der Waals surface area (Å²) < 4.78 is 0. The summed E-state index contributed by atoms with van der Waals surface area (Å²) in [5.74, 6) is 0. The molecule has 2 aliphatic rings. The molecule has 2 aliphatic heterocycles. The SMILES string of the molecule is Nc1cc(Cl)c(N2CCC(N3CCCCC3)C2)c(Cl)c1. The molecule has 1 aromatic carbocycles. The lowest BCUT2D eigenvalue weighted by atomic mass is 10.1. The van der Waals surface area contributed by atoms with E-state index in [4.69, 9.17) is 28.9 Å². The van der Waals surface area contributed by atoms with Crippen LogP contribution in [0, 0.1) is 0 Å². The van der Waals surface area contributed by atoms with Crippen molar-refractivity contribution in [3.63, 3.8) is 0 Å². The molecule has 2 fully saturated rings. The number of rotatable bonds is 2. The predicted octanol–water partition coefficient (Wildman–Crippen LogP) is 3.64. The maximum absolute atomic E-state index is 6.33. The Bertz CT molecular complexity index is 463. The van der Waals surface area contributed by atoms with E-state index in [0.717, 1.165) is 18.8 Å². The third-order valence-corrected chi connectivity index (χ3v) is 5.00. The van der Waals surface area contributed by atoms with Gasteiger partial charge in [-0.15, -0.1) is 0 Å². The molecule has 1 aromatic rings. The minimum Gasteiger partial charge on any atom is -0.399 e. The van der Waals surface area contributed by atoms with Gasteiger partial charge in [0.2, 0.25) is 0 Å². The molecule has 0 radical (unpaired) electrons. The molecule has 0 spiro atoms. The van der Waals surface area contributed by atoms with Gasteiger partial charge in [0.15, 0.2) is 0 Å². The monoisotopic (exact) mass is 313 g/mol. The lowest BCUT2D eigenvalue weighted by Crippen LogP contribution is -2.40. The van der Waals surface area contributed by atoms with E-state index >= 15 is 0 Å². The van der Waals surface area contributed by atoms with Crippen LogP contribution in [0.3, 0.4) is 0 Å². The second-order valence-corrected chi connectivity index (χ2v) is 6.63. The van der Waals surface area contributed by atoms with Crippen molar-refractivity contribution in [3.05, 3.63) is 22.2 Å². The van der Waals surface area contributed by atoms with Crippen molar-refractivity contribution in [1.82, 2.24) is 4.90 Å². The Kier molecular flexibility index (Phi) is 4.29. The molecular formula is C15H21Cl2N3. The lowest BCUT2D eigenvalue weighted by molar-refractivity contribution is 0.175. The number of halogens is 2. The molecular weight excluding hydrogens is 293 g/mol. The number of likely N-dealkylation sites (tertiary alicyclic amines) is 1. The van der Waals surface area contributed by atoms with Crippen LogP contribution in [0.4, 0.5) is 11.4 Å². The quantitative estimate of drug-likeness (QED) is 0.846. The van der Waals surface area contributed by atoms with E-state index in [1.807, 2.05) is 0 Å². The van der Waals surface area contributed by atoms with Gasteiger partial charge in [0.05, 0.1) is 15.7 Å². The Balaban J connectivity index is 1.73. The fraction of sp³-hybridized carbons (Fsp3) is 0.600. The fourth-order valence-corrected chi connectivity index (χ4v) is 4.16. The highest BCUT2D eigenvalue weighted by molar-refractivity contribution is 6.39. The number of nitrogens with zero attached hydrogens (tertiary/aromatic N) is 2. The summed E-state index contributed by atoms with van der Waals surface area (Å²) in [5.41, 5.74) is 7.34. The van der Waals surface area contributed by atoms with Crippen molar-refractivity contribution in [1.29, 1.82) is 0 Å². The molecule has 0 aromatic heterocycles. The summed E-state index contributed by atoms with van der Waals surface area (Å²) in [5, 5.41) is 1.32. The predicted molar refractivity (Wildman–Crippen MR) is 86.9 cm³/mol. The van der Waals surface area contributed by atoms with Crippen LogP contribution >= 0.6 is 23.2 Å². The molecule has 3 nitrogen and oxygen atoms in total. The number of anilines is 2. The van der Waals surface area contributed by atoms with E-state index in [0.29, 0.717) is 21.8 Å². The van der Waals surface area contributed by atoms with E-state index < -0.39 is 0 Å². The van der Waals surface area contributed by atoms with E-state index in [2.05, 4.69) is 9.80 Å². The average Bonchev–Trinajstić information content (AvgIpc) is 2.88. The first-order valence-corrected chi connectivity index (χ1v) is 8.14. The van der Waals surface area contributed by atoms with Crippen LogP contribution in [0.15, 0.2) is 12.1 Å². The zero-order valence-electron chi connectivity index (χ0n) is 11.6. The maximum atomic E-state index is 6.33. The van der Waals surface area contributed by atoms with Gasteiger partial charge in [0.1, 0.15) is 0 Å². The molecule has 0 saturated carbocycles. The lowest BCUT2D eigenvalue weighted by Gasteiger charge is -2.32. The topological polar surface area (TPSA) is 32.5 Å². The number of piperidine rings is 1. The molecule has 0 aliphatic carbocycles. The normalized spacial score (nSPS) is 24.3. The molecule has 1 unspecified atom stereocenters. The summed E-state index contributed by atoms with van der Waals surface area (Å²) in [4.78, 5) is 4.94. The molecule has 2 N–H and O–H groups in total. The third-order valence-electron chi connectivity index (χ3n) is 4.43. The Hall–Kier alpha value is -0.640. The molecule has 1 atom stereocenters. The van der Waals surface area contributed by atoms with E-state index in [-0.39, 0.29) is 0 Å². The van der Waals surface area contributed by atoms with E-state index in [9.17, 15) is 0 Å². The molecule has 0 bridgehead atoms. The van der Waals surface area contributed by atoms with Crippen molar-refractivity contribution in [3.8, 4) is 0 Å². The third kappa shape index (κ3) is 2.85. The first-order valence-electron chi connectivity index (χ1n) is 7.38. The molecule has 20 heavy (non-hydrogen) atoms. The average molecular weight is 314 g/mol. The number of hydrogen-bond donors (Lipinski definition) is 1. The molecule has 3 rings (SSSR count). The number of nitrogens with two attached hydrogens (primary N) is 1. The summed E-state index contributed by atoms with van der Waals surface area (Å²) in [6, 6.07) is 4.22. The van der Waals surface area contributed by atoms with Gasteiger partial charge < -0.3 is 10.6 Å². The van der Waals surface area contributed by atoms with Gasteiger partial charge in [0.25, 0.3) is 0 Å². The van der Waals surface area contributed by atoms with Crippen LogP contribution < -0.4 is 10.6 Å². The first kappa shape index (κ1) is 14.3. The van der Waals surface area contributed by atoms with Crippen LogP contribution in [0.25, 0.3) is 0 Å². The Morgan fingerprint density at radius 1 is 1.00 bits per heavy atom. The van der Waals surface area contributed by atoms with Crippen LogP contribution in [0.2, 0.25) is 10.0 Å². The largest absolute Gasteiger partial charge is 0.399 e. The Morgan fingerprint density at radius 3 is 2.30 bits per heavy atom. The van der Waals surface area contributed by atoms with Gasteiger partial charge in [-0.3, -0.25) is 4.90 Å². The van der Waals surface area contributed by atoms with Gasteiger partial charge in [-0.1, -0.05) is 29.6 Å². The van der Waals surface area contributed by atoms with E-state index in [1.54, 1.807) is 12.1 Å². The Morgan fingerprint density at radius 2 is 1.65 bits per heavy atom. The van der Waals surface area contributed by atoms with Crippen LogP contribution in [-0.2, 0) is 0 Å². The minimum atomic E-state index is 0.621. The molecule has 2 saturated heterocycles. The van der Waals surface area contributed by atoms with Crippen molar-refractivity contribution in [2.45, 2.75) is 31.7 Å². The molecule has 110 valence electrons. The first-order chi connectivity index (χ1) is 9.65. The number of nitrogen functional groups attached to an aromatic ring is 1. The smallest absolute Gasteiger partial charge is 0.0747 e. The van der Waals surface area contributed by atoms with Gasteiger partial charge in [0, 0.05) is 24.8 Å². The van der Waals surface area contributed by atoms with Gasteiger partial charge in [-0.25, -0.2) is 0 Å². The molecule has 2 heterocycles. The maximum Gasteiger partial charge on any atom is 0.0747 e.